The van der Waals surface area contributed by atoms with E-state index in [9.17, 15) is 23.1 Å². The van der Waals surface area contributed by atoms with Crippen molar-refractivity contribution in [2.75, 3.05) is 31.8 Å². The van der Waals surface area contributed by atoms with Gasteiger partial charge in [-0.25, -0.2) is 4.79 Å². The van der Waals surface area contributed by atoms with E-state index < -0.39 is 17.8 Å². The van der Waals surface area contributed by atoms with E-state index in [1.165, 1.54) is 11.0 Å². The summed E-state index contributed by atoms with van der Waals surface area (Å²) in [6.07, 6.45) is -0.526. The maximum absolute atomic E-state index is 13.4. The van der Waals surface area contributed by atoms with Gasteiger partial charge in [0.15, 0.2) is 12.6 Å². The highest BCUT2D eigenvalue weighted by Gasteiger charge is 2.32. The fraction of sp³-hybridized carbons (Fsp3) is 0.542. The number of nitrogens with one attached hydrogen (secondary N) is 1. The maximum Gasteiger partial charge on any atom is 0.416 e. The Morgan fingerprint density at radius 2 is 1.97 bits per heavy atom. The third-order valence-electron chi connectivity index (χ3n) is 6.39. The van der Waals surface area contributed by atoms with Crippen LogP contribution in [0.25, 0.3) is 11.3 Å². The van der Waals surface area contributed by atoms with Gasteiger partial charge in [0.2, 0.25) is 0 Å². The summed E-state index contributed by atoms with van der Waals surface area (Å²) in [4.78, 5) is 12.8. The quantitative estimate of drug-likeness (QED) is 0.414. The molecule has 2 aliphatic rings. The SMILES string of the molecule is CCOCOc1cc(C(F)(F)F)ccc1-c1nnc(NC2CCCN(C(=O)O)C2)c2c1CCCC2. The van der Waals surface area contributed by atoms with Gasteiger partial charge >= 0.3 is 12.3 Å². The minimum absolute atomic E-state index is 0.0421. The largest absolute Gasteiger partial charge is 0.467 e. The zero-order valence-electron chi connectivity index (χ0n) is 19.5. The van der Waals surface area contributed by atoms with Crippen LogP contribution in [0.1, 0.15) is 49.3 Å². The molecule has 8 nitrogen and oxygen atoms in total. The second kappa shape index (κ2) is 10.7. The van der Waals surface area contributed by atoms with Crippen LogP contribution in [0.2, 0.25) is 0 Å². The van der Waals surface area contributed by atoms with Crippen LogP contribution in [0, 0.1) is 0 Å². The summed E-state index contributed by atoms with van der Waals surface area (Å²) in [5.41, 5.74) is 2.03. The van der Waals surface area contributed by atoms with Crippen molar-refractivity contribution in [2.24, 2.45) is 0 Å². The van der Waals surface area contributed by atoms with Gasteiger partial charge in [0.05, 0.1) is 5.56 Å². The Morgan fingerprint density at radius 3 is 2.69 bits per heavy atom. The van der Waals surface area contributed by atoms with Crippen LogP contribution < -0.4 is 10.1 Å². The normalized spacial score (nSPS) is 18.2. The molecule has 35 heavy (non-hydrogen) atoms. The van der Waals surface area contributed by atoms with Crippen molar-refractivity contribution in [3.05, 3.63) is 34.9 Å². The van der Waals surface area contributed by atoms with E-state index in [2.05, 4.69) is 15.5 Å². The molecule has 2 N–H and O–H groups in total. The van der Waals surface area contributed by atoms with E-state index >= 15 is 0 Å². The summed E-state index contributed by atoms with van der Waals surface area (Å²) in [6.45, 7) is 2.83. The van der Waals surface area contributed by atoms with Crippen LogP contribution in [-0.2, 0) is 23.8 Å². The van der Waals surface area contributed by atoms with Crippen LogP contribution in [-0.4, -0.2) is 58.8 Å². The maximum atomic E-state index is 13.4. The molecule has 1 aliphatic heterocycles. The first-order valence-corrected chi connectivity index (χ1v) is 11.8. The van der Waals surface area contributed by atoms with Gasteiger partial charge in [-0.05, 0) is 69.2 Å². The average Bonchev–Trinajstić information content (AvgIpc) is 2.84. The average molecular weight is 495 g/mol. The Labute approximate surface area is 201 Å². The van der Waals surface area contributed by atoms with E-state index in [1.807, 2.05) is 0 Å². The number of benzene rings is 1. The predicted octanol–water partition coefficient (Wildman–Crippen LogP) is 4.97. The third kappa shape index (κ3) is 5.77. The molecule has 4 rings (SSSR count). The number of carbonyl (C=O) groups is 1. The van der Waals surface area contributed by atoms with Crippen LogP contribution in [0.3, 0.4) is 0 Å². The van der Waals surface area contributed by atoms with E-state index in [0.717, 1.165) is 55.4 Å². The lowest BCUT2D eigenvalue weighted by atomic mass is 9.88. The highest BCUT2D eigenvalue weighted by Crippen LogP contribution is 2.40. The van der Waals surface area contributed by atoms with Gasteiger partial charge in [-0.3, -0.25) is 0 Å². The number of amides is 1. The Balaban J connectivity index is 1.68. The minimum atomic E-state index is -4.51. The topological polar surface area (TPSA) is 96.8 Å². The van der Waals surface area contributed by atoms with Gasteiger partial charge in [0.25, 0.3) is 0 Å². The predicted molar refractivity (Wildman–Crippen MR) is 122 cm³/mol. The molecule has 1 aliphatic carbocycles. The smallest absolute Gasteiger partial charge is 0.416 e. The first kappa shape index (κ1) is 25.0. The molecule has 1 amide bonds. The molecule has 190 valence electrons. The number of alkyl halides is 3. The van der Waals surface area contributed by atoms with Gasteiger partial charge in [-0.15, -0.1) is 10.2 Å². The molecule has 0 spiro atoms. The van der Waals surface area contributed by atoms with E-state index in [0.29, 0.717) is 43.2 Å². The number of carboxylic acid groups (broad SMARTS) is 1. The summed E-state index contributed by atoms with van der Waals surface area (Å²) in [7, 11) is 0. The van der Waals surface area contributed by atoms with Gasteiger partial charge in [0.1, 0.15) is 11.4 Å². The van der Waals surface area contributed by atoms with Crippen molar-refractivity contribution >= 4 is 11.9 Å². The van der Waals surface area contributed by atoms with Gasteiger partial charge in [-0.1, -0.05) is 0 Å². The number of nitrogens with zero attached hydrogens (tertiary/aromatic N) is 3. The Morgan fingerprint density at radius 1 is 1.20 bits per heavy atom. The second-order valence-corrected chi connectivity index (χ2v) is 8.74. The number of aromatic nitrogens is 2. The fourth-order valence-electron chi connectivity index (χ4n) is 4.65. The summed E-state index contributed by atoms with van der Waals surface area (Å²) in [5.74, 6) is 0.657. The summed E-state index contributed by atoms with van der Waals surface area (Å²) < 4.78 is 50.8. The molecular formula is C24H29F3N4O4. The summed E-state index contributed by atoms with van der Waals surface area (Å²) in [6, 6.07) is 3.29. The fourth-order valence-corrected chi connectivity index (χ4v) is 4.65. The molecule has 0 saturated carbocycles. The van der Waals surface area contributed by atoms with Crippen molar-refractivity contribution in [1.82, 2.24) is 15.1 Å². The Kier molecular flexibility index (Phi) is 7.63. The standard InChI is InChI=1S/C24H29F3N4O4/c1-2-34-14-35-20-12-15(24(25,26)27)9-10-19(20)21-17-7-3-4-8-18(17)22(30-29-21)28-16-6-5-11-31(13-16)23(32)33/h9-10,12,16H,2-8,11,13-14H2,1H3,(H,28,30)(H,32,33). The molecule has 2 aromatic rings. The lowest BCUT2D eigenvalue weighted by Gasteiger charge is -2.32. The van der Waals surface area contributed by atoms with Gasteiger partial charge in [0, 0.05) is 36.9 Å². The lowest BCUT2D eigenvalue weighted by Crippen LogP contribution is -2.44. The number of likely N-dealkylation sites (tertiary alicyclic amines) is 1. The highest BCUT2D eigenvalue weighted by atomic mass is 19.4. The molecule has 1 unspecified atom stereocenters. The molecule has 1 fully saturated rings. The molecule has 0 radical (unpaired) electrons. The van der Waals surface area contributed by atoms with Crippen LogP contribution >= 0.6 is 0 Å². The molecular weight excluding hydrogens is 465 g/mol. The number of fused-ring (bicyclic) bond motifs is 1. The highest BCUT2D eigenvalue weighted by molar-refractivity contribution is 5.73. The first-order chi connectivity index (χ1) is 16.8. The number of piperidine rings is 1. The molecule has 11 heteroatoms. The van der Waals surface area contributed by atoms with Crippen LogP contribution in [0.4, 0.5) is 23.8 Å². The number of hydrogen-bond acceptors (Lipinski definition) is 6. The number of rotatable bonds is 7. The number of anilines is 1. The number of hydrogen-bond donors (Lipinski definition) is 2. The zero-order valence-corrected chi connectivity index (χ0v) is 19.5. The monoisotopic (exact) mass is 494 g/mol. The van der Waals surface area contributed by atoms with Crippen LogP contribution in [0.15, 0.2) is 18.2 Å². The molecule has 1 saturated heterocycles. The molecule has 1 aromatic heterocycles. The Hall–Kier alpha value is -3.08. The van der Waals surface area contributed by atoms with Gasteiger partial charge < -0.3 is 24.8 Å². The summed E-state index contributed by atoms with van der Waals surface area (Å²) >= 11 is 0. The lowest BCUT2D eigenvalue weighted by molar-refractivity contribution is -0.137. The molecule has 1 atom stereocenters. The van der Waals surface area contributed by atoms with E-state index in [-0.39, 0.29) is 18.6 Å². The molecule has 0 bridgehead atoms. The second-order valence-electron chi connectivity index (χ2n) is 8.74. The first-order valence-electron chi connectivity index (χ1n) is 11.8. The summed E-state index contributed by atoms with van der Waals surface area (Å²) in [5, 5.41) is 21.5. The Bertz CT molecular complexity index is 1060. The van der Waals surface area contributed by atoms with Crippen molar-refractivity contribution in [1.29, 1.82) is 0 Å². The third-order valence-corrected chi connectivity index (χ3v) is 6.39. The van der Waals surface area contributed by atoms with E-state index in [1.54, 1.807) is 6.92 Å². The van der Waals surface area contributed by atoms with Crippen molar-refractivity contribution < 1.29 is 32.5 Å². The van der Waals surface area contributed by atoms with Crippen molar-refractivity contribution in [3.63, 3.8) is 0 Å². The minimum Gasteiger partial charge on any atom is -0.467 e. The van der Waals surface area contributed by atoms with Crippen LogP contribution in [0.5, 0.6) is 5.75 Å². The van der Waals surface area contributed by atoms with Gasteiger partial charge in [-0.2, -0.15) is 13.2 Å². The number of halogens is 3. The molecule has 2 heterocycles. The number of ether oxygens (including phenoxy) is 2. The zero-order chi connectivity index (χ0) is 25.0. The van der Waals surface area contributed by atoms with Crippen molar-refractivity contribution in [2.45, 2.75) is 57.7 Å². The van der Waals surface area contributed by atoms with E-state index in [4.69, 9.17) is 9.47 Å². The van der Waals surface area contributed by atoms with Crippen molar-refractivity contribution in [3.8, 4) is 17.0 Å². The molecule has 1 aromatic carbocycles.